The van der Waals surface area contributed by atoms with Crippen LogP contribution in [-0.4, -0.2) is 50.0 Å². The molecule has 0 unspecified atom stereocenters. The molecule has 0 aliphatic carbocycles. The van der Waals surface area contributed by atoms with Crippen LogP contribution >= 0.6 is 39.1 Å². The quantitative estimate of drug-likeness (QED) is 0.476. The number of hydrogen-bond donors (Lipinski definition) is 1. The normalized spacial score (nSPS) is 12.4. The molecule has 0 aromatic heterocycles. The molecular formula is C22H26BrCl2N3O4S. The summed E-state index contributed by atoms with van der Waals surface area (Å²) in [6, 6.07) is 10.4. The second-order valence-corrected chi connectivity index (χ2v) is 11.5. The van der Waals surface area contributed by atoms with Gasteiger partial charge in [-0.15, -0.1) is 0 Å². The molecule has 0 bridgehead atoms. The summed E-state index contributed by atoms with van der Waals surface area (Å²) in [5.41, 5.74) is 0.899. The number of benzene rings is 2. The van der Waals surface area contributed by atoms with Gasteiger partial charge >= 0.3 is 0 Å². The predicted octanol–water partition coefficient (Wildman–Crippen LogP) is 4.46. The number of nitrogens with zero attached hydrogens (tertiary/aromatic N) is 2. The number of carbonyl (C=O) groups excluding carboxylic acids is 2. The van der Waals surface area contributed by atoms with Gasteiger partial charge in [0, 0.05) is 27.1 Å². The summed E-state index contributed by atoms with van der Waals surface area (Å²) in [7, 11) is -3.79. The average Bonchev–Trinajstić information content (AvgIpc) is 2.69. The van der Waals surface area contributed by atoms with E-state index in [1.165, 1.54) is 4.90 Å². The van der Waals surface area contributed by atoms with Crippen molar-refractivity contribution < 1.29 is 18.0 Å². The van der Waals surface area contributed by atoms with Crippen molar-refractivity contribution in [3.8, 4) is 0 Å². The summed E-state index contributed by atoms with van der Waals surface area (Å²) in [5, 5.41) is 3.56. The second-order valence-electron chi connectivity index (χ2n) is 7.85. The summed E-state index contributed by atoms with van der Waals surface area (Å²) in [6.07, 6.45) is 1.02. The van der Waals surface area contributed by atoms with Crippen LogP contribution in [0.3, 0.4) is 0 Å². The van der Waals surface area contributed by atoms with Crippen molar-refractivity contribution in [2.24, 2.45) is 0 Å². The number of halogens is 3. The Bertz CT molecular complexity index is 1130. The molecule has 2 aromatic rings. The third kappa shape index (κ3) is 7.88. The van der Waals surface area contributed by atoms with Crippen molar-refractivity contribution in [3.05, 3.63) is 62.5 Å². The highest BCUT2D eigenvalue weighted by Crippen LogP contribution is 2.25. The Hall–Kier alpha value is -1.81. The van der Waals surface area contributed by atoms with Crippen LogP contribution in [0.15, 0.2) is 46.9 Å². The maximum atomic E-state index is 13.4. The minimum Gasteiger partial charge on any atom is -0.352 e. The van der Waals surface area contributed by atoms with E-state index in [0.29, 0.717) is 25.8 Å². The van der Waals surface area contributed by atoms with E-state index in [1.54, 1.807) is 49.4 Å². The van der Waals surface area contributed by atoms with Gasteiger partial charge in [-0.05, 0) is 56.7 Å². The van der Waals surface area contributed by atoms with Gasteiger partial charge in [0.05, 0.1) is 11.9 Å². The number of nitrogens with one attached hydrogen (secondary N) is 1. The fourth-order valence-electron chi connectivity index (χ4n) is 3.07. The fraction of sp³-hybridized carbons (Fsp3) is 0.364. The Morgan fingerprint density at radius 2 is 1.76 bits per heavy atom. The molecule has 2 rings (SSSR count). The summed E-state index contributed by atoms with van der Waals surface area (Å²) in [5.74, 6) is -0.922. The van der Waals surface area contributed by atoms with Gasteiger partial charge in [0.25, 0.3) is 0 Å². The van der Waals surface area contributed by atoms with Crippen LogP contribution in [-0.2, 0) is 26.2 Å². The van der Waals surface area contributed by atoms with Crippen molar-refractivity contribution in [2.45, 2.75) is 39.4 Å². The number of carbonyl (C=O) groups is 2. The Balaban J connectivity index is 2.42. The first-order chi connectivity index (χ1) is 15.3. The van der Waals surface area contributed by atoms with Crippen LogP contribution in [0, 0.1) is 0 Å². The van der Waals surface area contributed by atoms with Gasteiger partial charge in [-0.3, -0.25) is 13.9 Å². The summed E-state index contributed by atoms with van der Waals surface area (Å²) < 4.78 is 26.7. The molecule has 0 spiro atoms. The zero-order valence-corrected chi connectivity index (χ0v) is 22.6. The largest absolute Gasteiger partial charge is 0.352 e. The van der Waals surface area contributed by atoms with Crippen LogP contribution in [0.4, 0.5) is 5.69 Å². The number of hydrogen-bond acceptors (Lipinski definition) is 4. The number of anilines is 1. The summed E-state index contributed by atoms with van der Waals surface area (Å²) in [6.45, 7) is 4.72. The average molecular weight is 579 g/mol. The van der Waals surface area contributed by atoms with Gasteiger partial charge in [0.1, 0.15) is 12.6 Å². The van der Waals surface area contributed by atoms with Crippen molar-refractivity contribution in [1.29, 1.82) is 0 Å². The molecule has 0 fully saturated rings. The van der Waals surface area contributed by atoms with Gasteiger partial charge < -0.3 is 10.2 Å². The van der Waals surface area contributed by atoms with Crippen LogP contribution < -0.4 is 9.62 Å². The maximum absolute atomic E-state index is 13.4. The highest BCUT2D eigenvalue weighted by atomic mass is 79.9. The number of amides is 2. The van der Waals surface area contributed by atoms with E-state index in [2.05, 4.69) is 21.2 Å². The number of rotatable bonds is 9. The molecule has 11 heteroatoms. The molecule has 0 heterocycles. The topological polar surface area (TPSA) is 86.8 Å². The van der Waals surface area contributed by atoms with E-state index >= 15 is 0 Å². The Kier molecular flexibility index (Phi) is 9.60. The molecule has 0 saturated carbocycles. The van der Waals surface area contributed by atoms with E-state index in [4.69, 9.17) is 23.2 Å². The zero-order valence-electron chi connectivity index (χ0n) is 18.7. The highest BCUT2D eigenvalue weighted by Gasteiger charge is 2.30. The van der Waals surface area contributed by atoms with Gasteiger partial charge in [0.15, 0.2) is 0 Å². The molecule has 2 aromatic carbocycles. The minimum absolute atomic E-state index is 0.00238. The van der Waals surface area contributed by atoms with E-state index < -0.39 is 28.5 Å². The van der Waals surface area contributed by atoms with Crippen molar-refractivity contribution >= 4 is 66.7 Å². The Labute approximate surface area is 213 Å². The van der Waals surface area contributed by atoms with Crippen molar-refractivity contribution in [3.63, 3.8) is 0 Å². The fourth-order valence-corrected chi connectivity index (χ4v) is 4.76. The zero-order chi connectivity index (χ0) is 24.9. The van der Waals surface area contributed by atoms with E-state index in [9.17, 15) is 18.0 Å². The highest BCUT2D eigenvalue weighted by molar-refractivity contribution is 9.10. The second kappa shape index (κ2) is 11.6. The molecule has 180 valence electrons. The first-order valence-corrected chi connectivity index (χ1v) is 13.5. The van der Waals surface area contributed by atoms with Crippen LogP contribution in [0.25, 0.3) is 0 Å². The maximum Gasteiger partial charge on any atom is 0.244 e. The molecule has 2 amide bonds. The van der Waals surface area contributed by atoms with Gasteiger partial charge in [0.2, 0.25) is 21.8 Å². The standard InChI is InChI=1S/C22H26BrCl2N3O4S/c1-14(2)26-22(30)15(3)27(12-16-8-9-18(24)11-20(16)25)21(29)13-28(33(4,31)32)19-7-5-6-17(23)10-19/h5-11,14-15H,12-13H2,1-4H3,(H,26,30)/t15-/m0/s1. The van der Waals surface area contributed by atoms with Gasteiger partial charge in [-0.25, -0.2) is 8.42 Å². The third-order valence-corrected chi connectivity index (χ3v) is 6.95. The molecule has 1 N–H and O–H groups in total. The molecule has 33 heavy (non-hydrogen) atoms. The Morgan fingerprint density at radius 3 is 2.30 bits per heavy atom. The van der Waals surface area contributed by atoms with E-state index in [-0.39, 0.29) is 18.5 Å². The van der Waals surface area contributed by atoms with Crippen LogP contribution in [0.1, 0.15) is 26.3 Å². The molecule has 0 saturated heterocycles. The summed E-state index contributed by atoms with van der Waals surface area (Å²) in [4.78, 5) is 27.5. The molecule has 7 nitrogen and oxygen atoms in total. The minimum atomic E-state index is -3.79. The first kappa shape index (κ1) is 27.4. The molecular weight excluding hydrogens is 553 g/mol. The lowest BCUT2D eigenvalue weighted by atomic mass is 10.1. The van der Waals surface area contributed by atoms with Crippen LogP contribution in [0.2, 0.25) is 10.0 Å². The molecule has 1 atom stereocenters. The first-order valence-electron chi connectivity index (χ1n) is 10.1. The van der Waals surface area contributed by atoms with E-state index in [0.717, 1.165) is 10.6 Å². The lowest BCUT2D eigenvalue weighted by molar-refractivity contribution is -0.139. The lowest BCUT2D eigenvalue weighted by Gasteiger charge is -2.32. The summed E-state index contributed by atoms with van der Waals surface area (Å²) >= 11 is 15.6. The molecule has 0 aliphatic heterocycles. The van der Waals surface area contributed by atoms with E-state index in [1.807, 2.05) is 13.8 Å². The molecule has 0 aliphatic rings. The van der Waals surface area contributed by atoms with Crippen molar-refractivity contribution in [2.75, 3.05) is 17.1 Å². The lowest BCUT2D eigenvalue weighted by Crippen LogP contribution is -2.52. The molecule has 0 radical (unpaired) electrons. The van der Waals surface area contributed by atoms with Gasteiger partial charge in [-0.1, -0.05) is 51.3 Å². The van der Waals surface area contributed by atoms with Crippen LogP contribution in [0.5, 0.6) is 0 Å². The smallest absolute Gasteiger partial charge is 0.244 e. The van der Waals surface area contributed by atoms with Crippen molar-refractivity contribution in [1.82, 2.24) is 10.2 Å². The SMILES string of the molecule is CC(C)NC(=O)[C@H](C)N(Cc1ccc(Cl)cc1Cl)C(=O)CN(c1cccc(Br)c1)S(C)(=O)=O. The van der Waals surface area contributed by atoms with Gasteiger partial charge in [-0.2, -0.15) is 0 Å². The third-order valence-electron chi connectivity index (χ3n) is 4.73. The predicted molar refractivity (Wildman–Crippen MR) is 136 cm³/mol. The monoisotopic (exact) mass is 577 g/mol. The number of sulfonamides is 1. The Morgan fingerprint density at radius 1 is 1.09 bits per heavy atom.